The van der Waals surface area contributed by atoms with E-state index in [0.29, 0.717) is 32.0 Å². The normalized spacial score (nSPS) is 23.5. The monoisotopic (exact) mass is 612 g/mol. The van der Waals surface area contributed by atoms with Crippen molar-refractivity contribution in [1.29, 1.82) is 0 Å². The molecular formula is C29H47F3O8S. The lowest BCUT2D eigenvalue weighted by molar-refractivity contribution is -0.268. The lowest BCUT2D eigenvalue weighted by atomic mass is 9.90. The second-order valence-corrected chi connectivity index (χ2v) is 11.7. The van der Waals surface area contributed by atoms with E-state index in [1.807, 2.05) is 6.92 Å². The Morgan fingerprint density at radius 3 is 1.88 bits per heavy atom. The predicted molar refractivity (Wildman–Crippen MR) is 149 cm³/mol. The molecule has 0 aliphatic carbocycles. The van der Waals surface area contributed by atoms with Crippen LogP contribution in [0.15, 0.2) is 24.3 Å². The molecule has 12 heteroatoms. The van der Waals surface area contributed by atoms with Crippen LogP contribution in [-0.2, 0) is 33.8 Å². The molecule has 1 aliphatic heterocycles. The van der Waals surface area contributed by atoms with E-state index in [1.54, 1.807) is 6.07 Å². The third-order valence-electron chi connectivity index (χ3n) is 6.66. The highest BCUT2D eigenvalue weighted by molar-refractivity contribution is 7.88. The standard InChI is InChI=1S/C29H47F3O8S/c1-5-9-16-35-21-24-26(36-17-10-6-2)28(38-19-12-8-4)27(37-18-11-7-3)25(39-24)22-14-13-15-23(20-22)40-41(33,34)29(30,31)32/h13-15,20,24-28H,5-12,16-19,21H2,1-4H3/t24-,25+,26-,27+,28+/m1/s1. The van der Waals surface area contributed by atoms with Gasteiger partial charge in [0.1, 0.15) is 36.3 Å². The summed E-state index contributed by atoms with van der Waals surface area (Å²) >= 11 is 0. The Morgan fingerprint density at radius 1 is 0.780 bits per heavy atom. The van der Waals surface area contributed by atoms with E-state index in [-0.39, 0.29) is 6.61 Å². The van der Waals surface area contributed by atoms with Crippen LogP contribution >= 0.6 is 0 Å². The van der Waals surface area contributed by atoms with Crippen molar-refractivity contribution in [1.82, 2.24) is 0 Å². The van der Waals surface area contributed by atoms with E-state index < -0.39 is 51.9 Å². The van der Waals surface area contributed by atoms with Crippen LogP contribution in [0.1, 0.15) is 90.7 Å². The van der Waals surface area contributed by atoms with Crippen molar-refractivity contribution >= 4 is 10.1 Å². The van der Waals surface area contributed by atoms with Crippen LogP contribution < -0.4 is 4.18 Å². The maximum absolute atomic E-state index is 13.0. The van der Waals surface area contributed by atoms with Crippen molar-refractivity contribution < 1.29 is 49.5 Å². The average molecular weight is 613 g/mol. The highest BCUT2D eigenvalue weighted by atomic mass is 32.2. The van der Waals surface area contributed by atoms with Gasteiger partial charge in [0.25, 0.3) is 0 Å². The molecule has 238 valence electrons. The zero-order valence-electron chi connectivity index (χ0n) is 24.7. The zero-order chi connectivity index (χ0) is 30.3. The molecule has 1 heterocycles. The lowest BCUT2D eigenvalue weighted by Crippen LogP contribution is -2.58. The smallest absolute Gasteiger partial charge is 0.379 e. The first-order valence-electron chi connectivity index (χ1n) is 14.8. The highest BCUT2D eigenvalue weighted by Crippen LogP contribution is 2.39. The van der Waals surface area contributed by atoms with Gasteiger partial charge in [-0.2, -0.15) is 21.6 Å². The van der Waals surface area contributed by atoms with Crippen LogP contribution in [0.5, 0.6) is 5.75 Å². The lowest BCUT2D eigenvalue weighted by Gasteiger charge is -2.46. The third-order valence-corrected chi connectivity index (χ3v) is 7.64. The molecule has 2 rings (SSSR count). The second-order valence-electron chi connectivity index (χ2n) is 10.1. The molecule has 1 saturated heterocycles. The van der Waals surface area contributed by atoms with Crippen molar-refractivity contribution in [2.75, 3.05) is 33.0 Å². The minimum Gasteiger partial charge on any atom is -0.379 e. The summed E-state index contributed by atoms with van der Waals surface area (Å²) < 4.78 is 98.4. The van der Waals surface area contributed by atoms with Gasteiger partial charge < -0.3 is 27.9 Å². The fraction of sp³-hybridized carbons (Fsp3) is 0.793. The van der Waals surface area contributed by atoms with Gasteiger partial charge in [0.2, 0.25) is 0 Å². The summed E-state index contributed by atoms with van der Waals surface area (Å²) in [7, 11) is -5.84. The molecule has 5 atom stereocenters. The molecule has 0 spiro atoms. The molecule has 0 saturated carbocycles. The quantitative estimate of drug-likeness (QED) is 0.0910. The maximum atomic E-state index is 13.0. The average Bonchev–Trinajstić information content (AvgIpc) is 2.92. The van der Waals surface area contributed by atoms with E-state index in [1.165, 1.54) is 12.1 Å². The number of rotatable bonds is 20. The van der Waals surface area contributed by atoms with Gasteiger partial charge >= 0.3 is 15.6 Å². The number of unbranched alkanes of at least 4 members (excludes halogenated alkanes) is 4. The van der Waals surface area contributed by atoms with Gasteiger partial charge in [-0.1, -0.05) is 65.5 Å². The van der Waals surface area contributed by atoms with E-state index in [2.05, 4.69) is 25.0 Å². The molecule has 1 aromatic rings. The first-order chi connectivity index (χ1) is 19.6. The van der Waals surface area contributed by atoms with Crippen molar-refractivity contribution in [3.8, 4) is 5.75 Å². The summed E-state index contributed by atoms with van der Waals surface area (Å²) in [5.74, 6) is -0.476. The van der Waals surface area contributed by atoms with E-state index in [0.717, 1.165) is 57.4 Å². The van der Waals surface area contributed by atoms with Crippen LogP contribution in [0.25, 0.3) is 0 Å². The molecule has 0 aromatic heterocycles. The van der Waals surface area contributed by atoms with Gasteiger partial charge in [-0.3, -0.25) is 0 Å². The van der Waals surface area contributed by atoms with Gasteiger partial charge in [-0.15, -0.1) is 0 Å². The molecule has 8 nitrogen and oxygen atoms in total. The molecule has 0 radical (unpaired) electrons. The van der Waals surface area contributed by atoms with Crippen LogP contribution in [-0.4, -0.2) is 71.4 Å². The Bertz CT molecular complexity index is 960. The van der Waals surface area contributed by atoms with Crippen molar-refractivity contribution in [2.24, 2.45) is 0 Å². The van der Waals surface area contributed by atoms with Crippen LogP contribution in [0.3, 0.4) is 0 Å². The largest absolute Gasteiger partial charge is 0.534 e. The number of hydrogen-bond donors (Lipinski definition) is 0. The molecule has 0 unspecified atom stereocenters. The van der Waals surface area contributed by atoms with E-state index in [4.69, 9.17) is 23.7 Å². The summed E-state index contributed by atoms with van der Waals surface area (Å²) in [6.45, 7) is 10.4. The first-order valence-corrected chi connectivity index (χ1v) is 16.2. The fourth-order valence-corrected chi connectivity index (χ4v) is 4.80. The number of benzene rings is 1. The van der Waals surface area contributed by atoms with Gasteiger partial charge in [0.15, 0.2) is 0 Å². The summed E-state index contributed by atoms with van der Waals surface area (Å²) in [6, 6.07) is 5.46. The van der Waals surface area contributed by atoms with Crippen molar-refractivity contribution in [2.45, 2.75) is 115 Å². The highest BCUT2D eigenvalue weighted by Gasteiger charge is 2.50. The minimum atomic E-state index is -5.84. The molecule has 1 aliphatic rings. The molecular weight excluding hydrogens is 565 g/mol. The first kappa shape index (κ1) is 35.8. The van der Waals surface area contributed by atoms with Gasteiger partial charge in [-0.25, -0.2) is 0 Å². The Balaban J connectivity index is 2.49. The topological polar surface area (TPSA) is 89.5 Å². The van der Waals surface area contributed by atoms with Crippen LogP contribution in [0.2, 0.25) is 0 Å². The Hall–Kier alpha value is -1.44. The summed E-state index contributed by atoms with van der Waals surface area (Å²) in [5.41, 5.74) is -5.16. The maximum Gasteiger partial charge on any atom is 0.534 e. The number of halogens is 3. The Morgan fingerprint density at radius 2 is 1.32 bits per heavy atom. The Kier molecular flexibility index (Phi) is 15.9. The van der Waals surface area contributed by atoms with Gasteiger partial charge in [0, 0.05) is 26.4 Å². The number of alkyl halides is 3. The van der Waals surface area contributed by atoms with Gasteiger partial charge in [0.05, 0.1) is 6.61 Å². The SMILES string of the molecule is CCCCOC[C@H]1O[C@@H](c2cccc(OS(=O)(=O)C(F)(F)F)c2)[C@H](OCCCC)[C@@H](OCCCC)[C@@H]1OCCCC. The summed E-state index contributed by atoms with van der Waals surface area (Å²) in [6.07, 6.45) is 3.95. The number of hydrogen-bond acceptors (Lipinski definition) is 8. The Labute approximate surface area is 243 Å². The van der Waals surface area contributed by atoms with E-state index >= 15 is 0 Å². The zero-order valence-corrected chi connectivity index (χ0v) is 25.5. The molecule has 1 fully saturated rings. The molecule has 0 N–H and O–H groups in total. The summed E-state index contributed by atoms with van der Waals surface area (Å²) in [5, 5.41) is 0. The number of ether oxygens (including phenoxy) is 5. The van der Waals surface area contributed by atoms with Crippen LogP contribution in [0.4, 0.5) is 13.2 Å². The van der Waals surface area contributed by atoms with E-state index in [9.17, 15) is 21.6 Å². The molecule has 1 aromatic carbocycles. The van der Waals surface area contributed by atoms with Gasteiger partial charge in [-0.05, 0) is 43.4 Å². The molecule has 0 amide bonds. The van der Waals surface area contributed by atoms with Crippen LogP contribution in [0, 0.1) is 0 Å². The minimum absolute atomic E-state index is 0.223. The summed E-state index contributed by atoms with van der Waals surface area (Å²) in [4.78, 5) is 0. The molecule has 41 heavy (non-hydrogen) atoms. The van der Waals surface area contributed by atoms with Crippen molar-refractivity contribution in [3.05, 3.63) is 29.8 Å². The third kappa shape index (κ3) is 11.3. The second kappa shape index (κ2) is 18.3. The molecule has 0 bridgehead atoms. The van der Waals surface area contributed by atoms with Crippen molar-refractivity contribution in [3.63, 3.8) is 0 Å². The predicted octanol–water partition coefficient (Wildman–Crippen LogP) is 6.73. The fourth-order valence-electron chi connectivity index (χ4n) is 4.34.